The number of rotatable bonds is 7. The van der Waals surface area contributed by atoms with Crippen LogP contribution in [-0.2, 0) is 11.2 Å². The summed E-state index contributed by atoms with van der Waals surface area (Å²) in [6.07, 6.45) is 2.26. The Kier molecular flexibility index (Phi) is 6.96. The second-order valence-electron chi connectivity index (χ2n) is 8.95. The molecule has 0 aromatic heterocycles. The minimum absolute atomic E-state index is 0.0307. The summed E-state index contributed by atoms with van der Waals surface area (Å²) < 4.78 is 0. The van der Waals surface area contributed by atoms with Gasteiger partial charge in [0, 0.05) is 30.5 Å². The highest BCUT2D eigenvalue weighted by Gasteiger charge is 2.24. The number of carbonyl (C=O) groups excluding carboxylic acids is 1. The van der Waals surface area contributed by atoms with Crippen LogP contribution in [0.15, 0.2) is 48.5 Å². The third-order valence-electron chi connectivity index (χ3n) is 5.91. The molecule has 2 atom stereocenters. The fourth-order valence-corrected chi connectivity index (χ4v) is 3.97. The van der Waals surface area contributed by atoms with Crippen LogP contribution in [0.5, 0.6) is 0 Å². The van der Waals surface area contributed by atoms with Crippen molar-refractivity contribution in [3.63, 3.8) is 0 Å². The lowest BCUT2D eigenvalue weighted by atomic mass is 9.96. The van der Waals surface area contributed by atoms with Crippen molar-refractivity contribution < 1.29 is 4.79 Å². The van der Waals surface area contributed by atoms with Gasteiger partial charge in [0.25, 0.3) is 0 Å². The van der Waals surface area contributed by atoms with E-state index >= 15 is 0 Å². The zero-order valence-corrected chi connectivity index (χ0v) is 18.5. The fraction of sp³-hybridized carbons (Fsp3) is 0.480. The van der Waals surface area contributed by atoms with E-state index < -0.39 is 0 Å². The summed E-state index contributed by atoms with van der Waals surface area (Å²) in [5.41, 5.74) is 4.45. The molecule has 4 nitrogen and oxygen atoms in total. The summed E-state index contributed by atoms with van der Waals surface area (Å²) in [5, 5.41) is 3.07. The highest BCUT2D eigenvalue weighted by atomic mass is 16.1. The Morgan fingerprint density at radius 1 is 1.07 bits per heavy atom. The van der Waals surface area contributed by atoms with Crippen molar-refractivity contribution in [2.24, 2.45) is 5.92 Å². The number of hydrogen-bond acceptors (Lipinski definition) is 3. The Hall–Kier alpha value is -2.33. The highest BCUT2D eigenvalue weighted by Crippen LogP contribution is 2.25. The number of hydrogen-bond donors (Lipinski definition) is 1. The van der Waals surface area contributed by atoms with Crippen LogP contribution in [-0.4, -0.2) is 44.0 Å². The first kappa shape index (κ1) is 21.4. The van der Waals surface area contributed by atoms with Crippen molar-refractivity contribution in [2.75, 3.05) is 37.4 Å². The molecular formula is C25H35N3O. The molecule has 2 aromatic carbocycles. The SMILES string of the molecule is CC(C)Cc1ccc(C(C)C(=O)Nc2ccc(N3CCC(N(C)C)C3)cc2)cc1. The molecule has 29 heavy (non-hydrogen) atoms. The smallest absolute Gasteiger partial charge is 0.231 e. The van der Waals surface area contributed by atoms with Gasteiger partial charge < -0.3 is 15.1 Å². The zero-order valence-electron chi connectivity index (χ0n) is 18.5. The summed E-state index contributed by atoms with van der Waals surface area (Å²) in [4.78, 5) is 17.4. The molecule has 1 saturated heterocycles. The summed E-state index contributed by atoms with van der Waals surface area (Å²) in [7, 11) is 4.29. The van der Waals surface area contributed by atoms with Crippen LogP contribution in [0.25, 0.3) is 0 Å². The van der Waals surface area contributed by atoms with Crippen molar-refractivity contribution in [1.29, 1.82) is 0 Å². The summed E-state index contributed by atoms with van der Waals surface area (Å²) in [6.45, 7) is 8.55. The lowest BCUT2D eigenvalue weighted by molar-refractivity contribution is -0.117. The van der Waals surface area contributed by atoms with Crippen molar-refractivity contribution in [1.82, 2.24) is 4.90 Å². The van der Waals surface area contributed by atoms with E-state index in [1.807, 2.05) is 19.1 Å². The van der Waals surface area contributed by atoms with Crippen molar-refractivity contribution in [2.45, 2.75) is 45.6 Å². The summed E-state index contributed by atoms with van der Waals surface area (Å²) in [6, 6.07) is 17.3. The molecule has 1 heterocycles. The third kappa shape index (κ3) is 5.60. The van der Waals surface area contributed by atoms with Crippen LogP contribution < -0.4 is 10.2 Å². The number of anilines is 2. The lowest BCUT2D eigenvalue weighted by Gasteiger charge is -2.22. The van der Waals surface area contributed by atoms with Gasteiger partial charge in [-0.25, -0.2) is 0 Å². The van der Waals surface area contributed by atoms with Crippen LogP contribution in [0.2, 0.25) is 0 Å². The lowest BCUT2D eigenvalue weighted by Crippen LogP contribution is -2.31. The standard InChI is InChI=1S/C25H35N3O/c1-18(2)16-20-6-8-21(9-7-20)19(3)25(29)26-22-10-12-23(13-11-22)28-15-14-24(17-28)27(4)5/h6-13,18-19,24H,14-17H2,1-5H3,(H,26,29). The molecule has 3 rings (SSSR count). The topological polar surface area (TPSA) is 35.6 Å². The van der Waals surface area contributed by atoms with Gasteiger partial charge in [0.2, 0.25) is 5.91 Å². The van der Waals surface area contributed by atoms with E-state index in [4.69, 9.17) is 0 Å². The van der Waals surface area contributed by atoms with Gasteiger partial charge in [-0.15, -0.1) is 0 Å². The second kappa shape index (κ2) is 9.45. The molecule has 0 spiro atoms. The van der Waals surface area contributed by atoms with Crippen molar-refractivity contribution >= 4 is 17.3 Å². The van der Waals surface area contributed by atoms with Gasteiger partial charge >= 0.3 is 0 Å². The molecule has 1 amide bonds. The van der Waals surface area contributed by atoms with Gasteiger partial charge in [-0.05, 0) is 75.2 Å². The zero-order chi connectivity index (χ0) is 21.0. The van der Waals surface area contributed by atoms with Crippen LogP contribution in [0.3, 0.4) is 0 Å². The van der Waals surface area contributed by atoms with Crippen LogP contribution in [0, 0.1) is 5.92 Å². The number of nitrogens with one attached hydrogen (secondary N) is 1. The molecule has 2 unspecified atom stereocenters. The number of benzene rings is 2. The average Bonchev–Trinajstić information content (AvgIpc) is 3.19. The number of amides is 1. The van der Waals surface area contributed by atoms with Crippen molar-refractivity contribution in [3.05, 3.63) is 59.7 Å². The minimum atomic E-state index is -0.179. The first-order chi connectivity index (χ1) is 13.8. The molecule has 4 heteroatoms. The van der Waals surface area contributed by atoms with Gasteiger partial charge in [0.05, 0.1) is 5.92 Å². The number of carbonyl (C=O) groups is 1. The first-order valence-electron chi connectivity index (χ1n) is 10.7. The van der Waals surface area contributed by atoms with E-state index in [0.29, 0.717) is 12.0 Å². The largest absolute Gasteiger partial charge is 0.370 e. The molecule has 156 valence electrons. The maximum atomic E-state index is 12.7. The third-order valence-corrected chi connectivity index (χ3v) is 5.91. The van der Waals surface area contributed by atoms with E-state index in [-0.39, 0.29) is 11.8 Å². The summed E-state index contributed by atoms with van der Waals surface area (Å²) in [5.74, 6) is 0.490. The maximum Gasteiger partial charge on any atom is 0.231 e. The Labute approximate surface area is 175 Å². The molecule has 0 radical (unpaired) electrons. The maximum absolute atomic E-state index is 12.7. The second-order valence-corrected chi connectivity index (χ2v) is 8.95. The molecule has 0 aliphatic carbocycles. The van der Waals surface area contributed by atoms with Crippen molar-refractivity contribution in [3.8, 4) is 0 Å². The van der Waals surface area contributed by atoms with E-state index in [1.54, 1.807) is 0 Å². The van der Waals surface area contributed by atoms with Crippen LogP contribution in [0.4, 0.5) is 11.4 Å². The van der Waals surface area contributed by atoms with Gasteiger partial charge in [-0.1, -0.05) is 38.1 Å². The van der Waals surface area contributed by atoms with Crippen LogP contribution >= 0.6 is 0 Å². The Morgan fingerprint density at radius 3 is 2.28 bits per heavy atom. The minimum Gasteiger partial charge on any atom is -0.370 e. The molecule has 0 bridgehead atoms. The van der Waals surface area contributed by atoms with Gasteiger partial charge in [0.1, 0.15) is 0 Å². The van der Waals surface area contributed by atoms with E-state index in [1.165, 1.54) is 17.7 Å². The molecule has 1 aliphatic rings. The Bertz CT molecular complexity index is 796. The molecule has 1 fully saturated rings. The van der Waals surface area contributed by atoms with E-state index in [0.717, 1.165) is 30.8 Å². The average molecular weight is 394 g/mol. The highest BCUT2D eigenvalue weighted by molar-refractivity contribution is 5.95. The predicted molar refractivity (Wildman–Crippen MR) is 123 cm³/mol. The number of likely N-dealkylation sites (N-methyl/N-ethyl adjacent to an activating group) is 1. The summed E-state index contributed by atoms with van der Waals surface area (Å²) >= 11 is 0. The van der Waals surface area contributed by atoms with E-state index in [2.05, 4.69) is 79.5 Å². The monoisotopic (exact) mass is 393 g/mol. The molecule has 1 aliphatic heterocycles. The Morgan fingerprint density at radius 2 is 1.72 bits per heavy atom. The van der Waals surface area contributed by atoms with Gasteiger partial charge in [-0.2, -0.15) is 0 Å². The molecular weight excluding hydrogens is 358 g/mol. The molecule has 2 aromatic rings. The Balaban J connectivity index is 1.57. The normalized spacial score (nSPS) is 17.8. The first-order valence-corrected chi connectivity index (χ1v) is 10.7. The molecule has 0 saturated carbocycles. The van der Waals surface area contributed by atoms with Gasteiger partial charge in [-0.3, -0.25) is 4.79 Å². The number of nitrogens with zero attached hydrogens (tertiary/aromatic N) is 2. The van der Waals surface area contributed by atoms with Crippen LogP contribution in [0.1, 0.15) is 44.2 Å². The fourth-order valence-electron chi connectivity index (χ4n) is 3.97. The quantitative estimate of drug-likeness (QED) is 0.736. The van der Waals surface area contributed by atoms with Gasteiger partial charge in [0.15, 0.2) is 0 Å². The van der Waals surface area contributed by atoms with E-state index in [9.17, 15) is 4.79 Å². The molecule has 1 N–H and O–H groups in total. The predicted octanol–water partition coefficient (Wildman–Crippen LogP) is 4.77.